The molecule has 0 bridgehead atoms. The first-order valence-corrected chi connectivity index (χ1v) is 9.93. The molecule has 0 radical (unpaired) electrons. The Morgan fingerprint density at radius 2 is 2.07 bits per heavy atom. The summed E-state index contributed by atoms with van der Waals surface area (Å²) in [7, 11) is 0. The van der Waals surface area contributed by atoms with Gasteiger partial charge in [0.15, 0.2) is 0 Å². The third-order valence-electron chi connectivity index (χ3n) is 5.74. The summed E-state index contributed by atoms with van der Waals surface area (Å²) in [6, 6.07) is 8.11. The maximum Gasteiger partial charge on any atom is 0.227 e. The molecule has 3 heterocycles. The number of hydrogen-bond acceptors (Lipinski definition) is 4. The Kier molecular flexibility index (Phi) is 5.11. The summed E-state index contributed by atoms with van der Waals surface area (Å²) in [6.07, 6.45) is 3.98. The van der Waals surface area contributed by atoms with Crippen LogP contribution in [0.25, 0.3) is 0 Å². The van der Waals surface area contributed by atoms with Gasteiger partial charge in [0.25, 0.3) is 0 Å². The fourth-order valence-electron chi connectivity index (χ4n) is 4.11. The number of amides is 2. The van der Waals surface area contributed by atoms with Gasteiger partial charge < -0.3 is 9.80 Å². The maximum absolute atomic E-state index is 12.7. The van der Waals surface area contributed by atoms with E-state index < -0.39 is 0 Å². The zero-order chi connectivity index (χ0) is 19.7. The highest BCUT2D eigenvalue weighted by Gasteiger charge is 2.29. The van der Waals surface area contributed by atoms with Crippen LogP contribution in [0.1, 0.15) is 47.5 Å². The molecule has 6 nitrogen and oxygen atoms in total. The summed E-state index contributed by atoms with van der Waals surface area (Å²) in [6.45, 7) is 6.40. The van der Waals surface area contributed by atoms with Gasteiger partial charge in [-0.1, -0.05) is 29.8 Å². The topological polar surface area (TPSA) is 66.4 Å². The highest BCUT2D eigenvalue weighted by Crippen LogP contribution is 2.26. The normalized spacial score (nSPS) is 18.9. The van der Waals surface area contributed by atoms with Crippen molar-refractivity contribution in [1.29, 1.82) is 0 Å². The molecule has 1 aromatic carbocycles. The lowest BCUT2D eigenvalue weighted by Gasteiger charge is -2.28. The molecule has 0 N–H and O–H groups in total. The van der Waals surface area contributed by atoms with Crippen LogP contribution in [-0.4, -0.2) is 51.2 Å². The van der Waals surface area contributed by atoms with Crippen molar-refractivity contribution in [1.82, 2.24) is 19.8 Å². The molecule has 2 aliphatic rings. The van der Waals surface area contributed by atoms with E-state index in [1.54, 1.807) is 6.92 Å². The molecule has 28 heavy (non-hydrogen) atoms. The van der Waals surface area contributed by atoms with Gasteiger partial charge in [0, 0.05) is 57.2 Å². The number of fused-ring (bicyclic) bond motifs is 1. The molecule has 6 heteroatoms. The lowest BCUT2D eigenvalue weighted by atomic mass is 10.0. The minimum atomic E-state index is 0.114. The van der Waals surface area contributed by atoms with E-state index in [-0.39, 0.29) is 17.7 Å². The number of carbonyl (C=O) groups is 2. The molecule has 1 aromatic heterocycles. The number of likely N-dealkylation sites (tertiary alicyclic amines) is 1. The summed E-state index contributed by atoms with van der Waals surface area (Å²) >= 11 is 0. The minimum absolute atomic E-state index is 0.114. The molecular weight excluding hydrogens is 352 g/mol. The van der Waals surface area contributed by atoms with Crippen LogP contribution < -0.4 is 0 Å². The molecule has 1 saturated heterocycles. The van der Waals surface area contributed by atoms with E-state index in [2.05, 4.69) is 11.1 Å². The summed E-state index contributed by atoms with van der Waals surface area (Å²) in [5, 5.41) is 0. The summed E-state index contributed by atoms with van der Waals surface area (Å²) in [5.74, 6) is 1.31. The number of rotatable bonds is 3. The van der Waals surface area contributed by atoms with E-state index >= 15 is 0 Å². The summed E-state index contributed by atoms with van der Waals surface area (Å²) in [5.41, 5.74) is 4.31. The minimum Gasteiger partial charge on any atom is -0.342 e. The first-order chi connectivity index (χ1) is 13.5. The fraction of sp³-hybridized carbons (Fsp3) is 0.455. The second-order valence-electron chi connectivity index (χ2n) is 7.88. The van der Waals surface area contributed by atoms with Gasteiger partial charge >= 0.3 is 0 Å². The molecule has 0 spiro atoms. The van der Waals surface area contributed by atoms with E-state index in [9.17, 15) is 9.59 Å². The van der Waals surface area contributed by atoms with Gasteiger partial charge in [-0.3, -0.25) is 9.59 Å². The van der Waals surface area contributed by atoms with Crippen molar-refractivity contribution in [3.63, 3.8) is 0 Å². The number of benzene rings is 1. The van der Waals surface area contributed by atoms with E-state index in [0.29, 0.717) is 26.1 Å². The van der Waals surface area contributed by atoms with Crippen molar-refractivity contribution in [3.8, 4) is 0 Å². The Hall–Kier alpha value is -2.76. The van der Waals surface area contributed by atoms with Crippen LogP contribution in [0.2, 0.25) is 0 Å². The monoisotopic (exact) mass is 378 g/mol. The van der Waals surface area contributed by atoms with Gasteiger partial charge in [-0.25, -0.2) is 9.97 Å². The van der Waals surface area contributed by atoms with Gasteiger partial charge in [-0.2, -0.15) is 0 Å². The van der Waals surface area contributed by atoms with E-state index in [1.807, 2.05) is 41.1 Å². The third kappa shape index (κ3) is 3.91. The Balaban J connectivity index is 1.42. The van der Waals surface area contributed by atoms with Crippen LogP contribution in [-0.2, 0) is 29.0 Å². The van der Waals surface area contributed by atoms with Crippen LogP contribution in [0.5, 0.6) is 0 Å². The second kappa shape index (κ2) is 7.70. The standard InChI is InChI=1S/C22H26N4O2/c1-15-4-3-5-17(10-15)11-21(28)26-9-7-20-19(14-26)12-23-22(24-20)18-6-8-25(13-18)16(2)27/h3-5,10,12,18H,6-9,11,13-14H2,1-2H3. The first kappa shape index (κ1) is 18.6. The zero-order valence-electron chi connectivity index (χ0n) is 16.5. The molecule has 146 valence electrons. The van der Waals surface area contributed by atoms with Gasteiger partial charge in [0.1, 0.15) is 5.82 Å². The van der Waals surface area contributed by atoms with Crippen molar-refractivity contribution < 1.29 is 9.59 Å². The van der Waals surface area contributed by atoms with Crippen molar-refractivity contribution in [2.24, 2.45) is 0 Å². The number of nitrogens with zero attached hydrogens (tertiary/aromatic N) is 4. The Bertz CT molecular complexity index is 911. The van der Waals surface area contributed by atoms with Gasteiger partial charge in [0.2, 0.25) is 11.8 Å². The van der Waals surface area contributed by atoms with E-state index in [0.717, 1.165) is 42.0 Å². The molecule has 2 amide bonds. The predicted octanol–water partition coefficient (Wildman–Crippen LogP) is 2.25. The Morgan fingerprint density at radius 1 is 1.21 bits per heavy atom. The van der Waals surface area contributed by atoms with Crippen molar-refractivity contribution in [2.75, 3.05) is 19.6 Å². The van der Waals surface area contributed by atoms with Gasteiger partial charge in [-0.15, -0.1) is 0 Å². The van der Waals surface area contributed by atoms with E-state index in [4.69, 9.17) is 4.98 Å². The van der Waals surface area contributed by atoms with Crippen LogP contribution in [0.3, 0.4) is 0 Å². The van der Waals surface area contributed by atoms with Crippen LogP contribution >= 0.6 is 0 Å². The van der Waals surface area contributed by atoms with Crippen molar-refractivity contribution in [3.05, 3.63) is 58.7 Å². The Labute approximate surface area is 165 Å². The predicted molar refractivity (Wildman–Crippen MR) is 106 cm³/mol. The van der Waals surface area contributed by atoms with Gasteiger partial charge in [-0.05, 0) is 18.9 Å². The van der Waals surface area contributed by atoms with Crippen LogP contribution in [0.4, 0.5) is 0 Å². The molecule has 1 fully saturated rings. The van der Waals surface area contributed by atoms with Crippen molar-refractivity contribution in [2.45, 2.75) is 45.6 Å². The fourth-order valence-corrected chi connectivity index (χ4v) is 4.11. The number of aromatic nitrogens is 2. The second-order valence-corrected chi connectivity index (χ2v) is 7.88. The van der Waals surface area contributed by atoms with Gasteiger partial charge in [0.05, 0.1) is 12.1 Å². The van der Waals surface area contributed by atoms with Crippen molar-refractivity contribution >= 4 is 11.8 Å². The number of aryl methyl sites for hydroxylation is 1. The highest BCUT2D eigenvalue weighted by molar-refractivity contribution is 5.79. The maximum atomic E-state index is 12.7. The molecule has 1 atom stereocenters. The zero-order valence-corrected chi connectivity index (χ0v) is 16.5. The average Bonchev–Trinajstić information content (AvgIpc) is 3.18. The third-order valence-corrected chi connectivity index (χ3v) is 5.74. The van der Waals surface area contributed by atoms with Crippen LogP contribution in [0, 0.1) is 6.92 Å². The Morgan fingerprint density at radius 3 is 2.82 bits per heavy atom. The number of hydrogen-bond donors (Lipinski definition) is 0. The lowest BCUT2D eigenvalue weighted by Crippen LogP contribution is -2.37. The molecular formula is C22H26N4O2. The number of carbonyl (C=O) groups excluding carboxylic acids is 2. The molecule has 4 rings (SSSR count). The molecule has 2 aromatic rings. The first-order valence-electron chi connectivity index (χ1n) is 9.93. The quantitative estimate of drug-likeness (QED) is 0.822. The molecule has 2 aliphatic heterocycles. The average molecular weight is 378 g/mol. The lowest BCUT2D eigenvalue weighted by molar-refractivity contribution is -0.131. The largest absolute Gasteiger partial charge is 0.342 e. The summed E-state index contributed by atoms with van der Waals surface area (Å²) in [4.78, 5) is 37.4. The highest BCUT2D eigenvalue weighted by atomic mass is 16.2. The molecule has 0 aliphatic carbocycles. The summed E-state index contributed by atoms with van der Waals surface area (Å²) < 4.78 is 0. The molecule has 1 unspecified atom stereocenters. The molecule has 0 saturated carbocycles. The smallest absolute Gasteiger partial charge is 0.227 e. The van der Waals surface area contributed by atoms with E-state index in [1.165, 1.54) is 5.56 Å². The SMILES string of the molecule is CC(=O)N1CCC(c2ncc3c(n2)CCN(C(=O)Cc2cccc(C)c2)C3)C1. The van der Waals surface area contributed by atoms with Crippen LogP contribution in [0.15, 0.2) is 30.5 Å².